The number of hydrogen-bond acceptors (Lipinski definition) is 7. The van der Waals surface area contributed by atoms with Gasteiger partial charge >= 0.3 is 5.97 Å². The van der Waals surface area contributed by atoms with E-state index < -0.39 is 28.8 Å². The first-order valence-electron chi connectivity index (χ1n) is 11.3. The average Bonchev–Trinajstić information content (AvgIpc) is 2.80. The number of rotatable bonds is 11. The maximum Gasteiger partial charge on any atom is 0.326 e. The second-order valence-corrected chi connectivity index (χ2v) is 9.77. The Balaban J connectivity index is 1.69. The maximum atomic E-state index is 12.5. The number of benzene rings is 1. The minimum atomic E-state index is -1.18. The number of hydrogen-bond donors (Lipinski definition) is 4. The Bertz CT molecular complexity index is 1310. The third-order valence-corrected chi connectivity index (χ3v) is 6.05. The molecule has 190 valence electrons. The van der Waals surface area contributed by atoms with E-state index in [0.29, 0.717) is 17.2 Å². The van der Waals surface area contributed by atoms with E-state index in [1.165, 1.54) is 12.4 Å². The lowest BCUT2D eigenvalue weighted by Crippen LogP contribution is -2.43. The molecule has 0 saturated carbocycles. The summed E-state index contributed by atoms with van der Waals surface area (Å²) < 4.78 is 0. The van der Waals surface area contributed by atoms with Crippen LogP contribution in [0.1, 0.15) is 43.1 Å². The number of nitrogens with one attached hydrogen (secondary N) is 3. The van der Waals surface area contributed by atoms with Gasteiger partial charge in [0.05, 0.1) is 15.6 Å². The van der Waals surface area contributed by atoms with Crippen LogP contribution in [0.4, 0.5) is 17.1 Å². The van der Waals surface area contributed by atoms with E-state index in [1.807, 2.05) is 20.8 Å². The normalized spacial score (nSPS) is 12.8. The van der Waals surface area contributed by atoms with Crippen LogP contribution in [0.3, 0.4) is 0 Å². The standard InChI is InChI=1S/C25H26Cl2N4O5/c1-12(2)8-13(3)29-20-21(23(33)22(20)32)31-18(25(35)36)9-14-4-6-15(7-5-14)30-24(34)19-16(26)10-28-11-17(19)27/h4-7,10-13,18,29,31H,8-9H2,1-3H3,(H,30,34)(H,35,36)/t13?,18-/m0/s1. The van der Waals surface area contributed by atoms with Crippen molar-refractivity contribution < 1.29 is 14.7 Å². The molecule has 1 amide bonds. The van der Waals surface area contributed by atoms with Gasteiger partial charge in [0.25, 0.3) is 16.8 Å². The smallest absolute Gasteiger partial charge is 0.326 e. The average molecular weight is 533 g/mol. The molecule has 1 heterocycles. The maximum absolute atomic E-state index is 12.5. The van der Waals surface area contributed by atoms with Gasteiger partial charge in [0.1, 0.15) is 17.4 Å². The predicted molar refractivity (Wildman–Crippen MR) is 141 cm³/mol. The van der Waals surface area contributed by atoms with Gasteiger partial charge in [-0.15, -0.1) is 0 Å². The second-order valence-electron chi connectivity index (χ2n) is 8.95. The summed E-state index contributed by atoms with van der Waals surface area (Å²) in [6.07, 6.45) is 3.44. The molecule has 0 bridgehead atoms. The van der Waals surface area contributed by atoms with Gasteiger partial charge in [0.2, 0.25) is 0 Å². The van der Waals surface area contributed by atoms with E-state index in [-0.39, 0.29) is 39.4 Å². The highest BCUT2D eigenvalue weighted by Crippen LogP contribution is 2.25. The molecule has 3 rings (SSSR count). The second kappa shape index (κ2) is 11.5. The minimum absolute atomic E-state index is 0.0157. The Morgan fingerprint density at radius 3 is 2.03 bits per heavy atom. The van der Waals surface area contributed by atoms with Crippen molar-refractivity contribution in [2.75, 3.05) is 16.0 Å². The number of anilines is 3. The SMILES string of the molecule is CC(C)CC(C)Nc1c(N[C@@H](Cc2ccc(NC(=O)c3c(Cl)cncc3Cl)cc2)C(=O)O)c(=O)c1=O. The number of nitrogens with zero attached hydrogens (tertiary/aromatic N) is 1. The number of halogens is 2. The lowest BCUT2D eigenvalue weighted by atomic mass is 10.0. The summed E-state index contributed by atoms with van der Waals surface area (Å²) in [5.74, 6) is -1.31. The number of pyridine rings is 1. The van der Waals surface area contributed by atoms with Crippen molar-refractivity contribution >= 4 is 52.1 Å². The van der Waals surface area contributed by atoms with Gasteiger partial charge in [-0.05, 0) is 37.0 Å². The fourth-order valence-corrected chi connectivity index (χ4v) is 4.37. The number of aliphatic carboxylic acids is 1. The number of carbonyl (C=O) groups excluding carboxylic acids is 1. The van der Waals surface area contributed by atoms with Crippen LogP contribution in [0.25, 0.3) is 0 Å². The van der Waals surface area contributed by atoms with Gasteiger partial charge in [-0.1, -0.05) is 49.2 Å². The van der Waals surface area contributed by atoms with Crippen LogP contribution in [0.5, 0.6) is 0 Å². The molecule has 0 radical (unpaired) electrons. The van der Waals surface area contributed by atoms with Gasteiger partial charge in [0, 0.05) is 30.5 Å². The number of carbonyl (C=O) groups is 2. The third kappa shape index (κ3) is 6.41. The highest BCUT2D eigenvalue weighted by Gasteiger charge is 2.27. The molecule has 0 aliphatic rings. The fourth-order valence-electron chi connectivity index (χ4n) is 3.84. The molecule has 0 spiro atoms. The molecule has 0 fully saturated rings. The summed E-state index contributed by atoms with van der Waals surface area (Å²) in [5, 5.41) is 18.3. The van der Waals surface area contributed by atoms with Crippen molar-refractivity contribution in [1.29, 1.82) is 0 Å². The number of aromatic nitrogens is 1. The summed E-state index contributed by atoms with van der Waals surface area (Å²) in [5.41, 5.74) is -0.134. The Hall–Kier alpha value is -3.43. The van der Waals surface area contributed by atoms with E-state index in [9.17, 15) is 24.3 Å². The molecule has 1 aromatic heterocycles. The summed E-state index contributed by atoms with van der Waals surface area (Å²) >= 11 is 12.0. The minimum Gasteiger partial charge on any atom is -0.480 e. The number of carboxylic acid groups (broad SMARTS) is 1. The molecular weight excluding hydrogens is 507 g/mol. The first kappa shape index (κ1) is 27.2. The molecular formula is C25H26Cl2N4O5. The molecule has 36 heavy (non-hydrogen) atoms. The third-order valence-electron chi connectivity index (χ3n) is 5.47. The molecule has 9 nitrogen and oxygen atoms in total. The molecule has 0 saturated heterocycles. The Morgan fingerprint density at radius 1 is 0.944 bits per heavy atom. The molecule has 1 unspecified atom stereocenters. The van der Waals surface area contributed by atoms with Crippen molar-refractivity contribution in [1.82, 2.24) is 4.98 Å². The van der Waals surface area contributed by atoms with E-state index >= 15 is 0 Å². The Morgan fingerprint density at radius 2 is 1.50 bits per heavy atom. The summed E-state index contributed by atoms with van der Waals surface area (Å²) in [6.45, 7) is 5.98. The fraction of sp³-hybridized carbons (Fsp3) is 0.320. The largest absolute Gasteiger partial charge is 0.480 e. The van der Waals surface area contributed by atoms with Crippen LogP contribution in [0, 0.1) is 5.92 Å². The molecule has 3 aromatic rings. The van der Waals surface area contributed by atoms with Gasteiger partial charge < -0.3 is 21.1 Å². The van der Waals surface area contributed by atoms with Crippen molar-refractivity contribution in [2.45, 2.75) is 45.7 Å². The molecule has 2 atom stereocenters. The monoisotopic (exact) mass is 532 g/mol. The molecule has 0 aliphatic carbocycles. The number of carboxylic acids is 1. The first-order valence-corrected chi connectivity index (χ1v) is 12.0. The van der Waals surface area contributed by atoms with Crippen LogP contribution in [-0.2, 0) is 11.2 Å². The summed E-state index contributed by atoms with van der Waals surface area (Å²) in [6, 6.07) is 5.30. The van der Waals surface area contributed by atoms with Crippen molar-refractivity contribution in [3.63, 3.8) is 0 Å². The summed E-state index contributed by atoms with van der Waals surface area (Å²) in [4.78, 5) is 52.4. The number of amides is 1. The van der Waals surface area contributed by atoms with E-state index in [2.05, 4.69) is 20.9 Å². The van der Waals surface area contributed by atoms with Crippen LogP contribution in [0.15, 0.2) is 46.2 Å². The van der Waals surface area contributed by atoms with E-state index in [1.54, 1.807) is 24.3 Å². The zero-order valence-electron chi connectivity index (χ0n) is 19.9. The van der Waals surface area contributed by atoms with E-state index in [0.717, 1.165) is 6.42 Å². The lowest BCUT2D eigenvalue weighted by molar-refractivity contribution is -0.137. The van der Waals surface area contributed by atoms with Crippen molar-refractivity contribution in [2.24, 2.45) is 5.92 Å². The quantitative estimate of drug-likeness (QED) is 0.269. The predicted octanol–water partition coefficient (Wildman–Crippen LogP) is 4.19. The Kier molecular flexibility index (Phi) is 8.70. The highest BCUT2D eigenvalue weighted by molar-refractivity contribution is 6.40. The van der Waals surface area contributed by atoms with Crippen LogP contribution < -0.4 is 26.8 Å². The van der Waals surface area contributed by atoms with Gasteiger partial charge in [0.15, 0.2) is 0 Å². The van der Waals surface area contributed by atoms with Crippen LogP contribution in [-0.4, -0.2) is 34.1 Å². The van der Waals surface area contributed by atoms with Gasteiger partial charge in [-0.25, -0.2) is 4.79 Å². The zero-order chi connectivity index (χ0) is 26.6. The van der Waals surface area contributed by atoms with E-state index in [4.69, 9.17) is 23.2 Å². The zero-order valence-corrected chi connectivity index (χ0v) is 21.4. The summed E-state index contributed by atoms with van der Waals surface area (Å²) in [7, 11) is 0. The van der Waals surface area contributed by atoms with Crippen LogP contribution >= 0.6 is 23.2 Å². The molecule has 2 aromatic carbocycles. The van der Waals surface area contributed by atoms with Crippen LogP contribution in [0.2, 0.25) is 10.0 Å². The molecule has 11 heteroatoms. The Labute approximate surface area is 217 Å². The van der Waals surface area contributed by atoms with Crippen molar-refractivity contribution in [3.8, 4) is 0 Å². The molecule has 4 N–H and O–H groups in total. The lowest BCUT2D eigenvalue weighted by Gasteiger charge is -2.23. The van der Waals surface area contributed by atoms with Gasteiger partial charge in [-0.2, -0.15) is 0 Å². The highest BCUT2D eigenvalue weighted by atomic mass is 35.5. The van der Waals surface area contributed by atoms with Crippen molar-refractivity contribution in [3.05, 3.63) is 78.3 Å². The molecule has 0 aliphatic heterocycles. The van der Waals surface area contributed by atoms with Gasteiger partial charge in [-0.3, -0.25) is 19.4 Å². The first-order chi connectivity index (χ1) is 17.0. The topological polar surface area (TPSA) is 137 Å².